The van der Waals surface area contributed by atoms with Gasteiger partial charge in [0, 0.05) is 32.2 Å². The fourth-order valence-corrected chi connectivity index (χ4v) is 2.83. The molecule has 1 fully saturated rings. The van der Waals surface area contributed by atoms with Crippen molar-refractivity contribution in [2.24, 2.45) is 0 Å². The van der Waals surface area contributed by atoms with E-state index in [1.807, 2.05) is 24.3 Å². The lowest BCUT2D eigenvalue weighted by Gasteiger charge is -2.33. The summed E-state index contributed by atoms with van der Waals surface area (Å²) < 4.78 is 5.92. The van der Waals surface area contributed by atoms with Crippen LogP contribution < -0.4 is 10.1 Å². The van der Waals surface area contributed by atoms with Gasteiger partial charge < -0.3 is 10.1 Å². The van der Waals surface area contributed by atoms with Crippen molar-refractivity contribution in [3.63, 3.8) is 0 Å². The molecule has 2 aromatic rings. The Morgan fingerprint density at radius 1 is 1.09 bits per heavy atom. The molecule has 0 saturated carbocycles. The van der Waals surface area contributed by atoms with Crippen LogP contribution in [-0.4, -0.2) is 30.6 Å². The van der Waals surface area contributed by atoms with Gasteiger partial charge in [-0.2, -0.15) is 0 Å². The Morgan fingerprint density at radius 2 is 1.91 bits per heavy atom. The largest absolute Gasteiger partial charge is 0.489 e. The molecule has 116 valence electrons. The molecule has 1 aliphatic rings. The van der Waals surface area contributed by atoms with E-state index in [0.717, 1.165) is 31.9 Å². The Bertz CT molecular complexity index is 585. The van der Waals surface area contributed by atoms with Gasteiger partial charge >= 0.3 is 0 Å². The normalized spacial score (nSPS) is 19.0. The Labute approximate surface area is 132 Å². The number of hydrogen-bond acceptors (Lipinski definition) is 3. The molecule has 22 heavy (non-hydrogen) atoms. The van der Waals surface area contributed by atoms with E-state index in [9.17, 15) is 0 Å². The summed E-state index contributed by atoms with van der Waals surface area (Å²) >= 11 is 0. The molecular formula is C19H24N2O. The molecule has 0 amide bonds. The van der Waals surface area contributed by atoms with Gasteiger partial charge in [-0.25, -0.2) is 0 Å². The summed E-state index contributed by atoms with van der Waals surface area (Å²) in [6.45, 7) is 7.15. The smallest absolute Gasteiger partial charge is 0.120 e. The van der Waals surface area contributed by atoms with E-state index < -0.39 is 0 Å². The fraction of sp³-hybridized carbons (Fsp3) is 0.368. The van der Waals surface area contributed by atoms with E-state index >= 15 is 0 Å². The number of benzene rings is 2. The maximum absolute atomic E-state index is 5.92. The first-order chi connectivity index (χ1) is 10.8. The molecule has 1 aliphatic heterocycles. The molecule has 3 rings (SSSR count). The molecule has 1 saturated heterocycles. The van der Waals surface area contributed by atoms with Crippen LogP contribution >= 0.6 is 0 Å². The van der Waals surface area contributed by atoms with Gasteiger partial charge in [0.05, 0.1) is 0 Å². The SMILES string of the molecule is C[C@H]1CNCCN1Cc1cccc(OCc2ccccc2)c1. The Morgan fingerprint density at radius 3 is 2.73 bits per heavy atom. The van der Waals surface area contributed by atoms with Gasteiger partial charge in [0.25, 0.3) is 0 Å². The van der Waals surface area contributed by atoms with Crippen LogP contribution in [0.3, 0.4) is 0 Å². The summed E-state index contributed by atoms with van der Waals surface area (Å²) in [5, 5.41) is 3.43. The molecule has 1 N–H and O–H groups in total. The van der Waals surface area contributed by atoms with Crippen molar-refractivity contribution >= 4 is 0 Å². The molecule has 3 nitrogen and oxygen atoms in total. The number of rotatable bonds is 5. The highest BCUT2D eigenvalue weighted by Crippen LogP contribution is 2.18. The van der Waals surface area contributed by atoms with E-state index in [1.165, 1.54) is 11.1 Å². The predicted molar refractivity (Wildman–Crippen MR) is 90.0 cm³/mol. The van der Waals surface area contributed by atoms with Gasteiger partial charge in [-0.1, -0.05) is 42.5 Å². The standard InChI is InChI=1S/C19H24N2O/c1-16-13-20-10-11-21(16)14-18-8-5-9-19(12-18)22-15-17-6-3-2-4-7-17/h2-9,12,16,20H,10-11,13-15H2,1H3/t16-/m0/s1. The van der Waals surface area contributed by atoms with E-state index in [4.69, 9.17) is 4.74 Å². The van der Waals surface area contributed by atoms with Crippen LogP contribution in [0, 0.1) is 0 Å². The molecule has 0 unspecified atom stereocenters. The van der Waals surface area contributed by atoms with Gasteiger partial charge in [0.15, 0.2) is 0 Å². The molecule has 0 bridgehead atoms. The van der Waals surface area contributed by atoms with Crippen molar-refractivity contribution < 1.29 is 4.74 Å². The average molecular weight is 296 g/mol. The van der Waals surface area contributed by atoms with Crippen molar-refractivity contribution in [1.29, 1.82) is 0 Å². The Hall–Kier alpha value is -1.84. The first kappa shape index (κ1) is 15.1. The van der Waals surface area contributed by atoms with Gasteiger partial charge in [0.2, 0.25) is 0 Å². The molecule has 0 radical (unpaired) electrons. The maximum atomic E-state index is 5.92. The van der Waals surface area contributed by atoms with E-state index in [1.54, 1.807) is 0 Å². The van der Waals surface area contributed by atoms with Crippen LogP contribution in [0.25, 0.3) is 0 Å². The summed E-state index contributed by atoms with van der Waals surface area (Å²) in [6.07, 6.45) is 0. The van der Waals surface area contributed by atoms with E-state index in [2.05, 4.69) is 47.5 Å². The van der Waals surface area contributed by atoms with E-state index in [-0.39, 0.29) is 0 Å². The second-order valence-corrected chi connectivity index (χ2v) is 5.95. The lowest BCUT2D eigenvalue weighted by Crippen LogP contribution is -2.49. The second kappa shape index (κ2) is 7.43. The van der Waals surface area contributed by atoms with Gasteiger partial charge in [0.1, 0.15) is 12.4 Å². The third kappa shape index (κ3) is 4.09. The van der Waals surface area contributed by atoms with Crippen LogP contribution in [0.2, 0.25) is 0 Å². The number of nitrogens with one attached hydrogen (secondary N) is 1. The highest BCUT2D eigenvalue weighted by atomic mass is 16.5. The minimum Gasteiger partial charge on any atom is -0.489 e. The van der Waals surface area contributed by atoms with Crippen molar-refractivity contribution in [3.05, 3.63) is 65.7 Å². The molecule has 1 atom stereocenters. The van der Waals surface area contributed by atoms with Crippen molar-refractivity contribution in [2.75, 3.05) is 19.6 Å². The maximum Gasteiger partial charge on any atom is 0.120 e. The number of hydrogen-bond donors (Lipinski definition) is 1. The topological polar surface area (TPSA) is 24.5 Å². The first-order valence-corrected chi connectivity index (χ1v) is 8.02. The number of piperazine rings is 1. The third-order valence-electron chi connectivity index (χ3n) is 4.17. The average Bonchev–Trinajstić information content (AvgIpc) is 2.57. The monoisotopic (exact) mass is 296 g/mol. The third-order valence-corrected chi connectivity index (χ3v) is 4.17. The predicted octanol–water partition coefficient (Wildman–Crippen LogP) is 3.06. The highest BCUT2D eigenvalue weighted by molar-refractivity contribution is 5.29. The molecule has 3 heteroatoms. The van der Waals surface area contributed by atoms with Crippen molar-refractivity contribution in [1.82, 2.24) is 10.2 Å². The van der Waals surface area contributed by atoms with Crippen molar-refractivity contribution in [3.8, 4) is 5.75 Å². The summed E-state index contributed by atoms with van der Waals surface area (Å²) in [5.41, 5.74) is 2.52. The zero-order chi connectivity index (χ0) is 15.2. The molecule has 2 aromatic carbocycles. The van der Waals surface area contributed by atoms with Crippen LogP contribution in [0.4, 0.5) is 0 Å². The molecule has 0 aliphatic carbocycles. The Balaban J connectivity index is 1.60. The summed E-state index contributed by atoms with van der Waals surface area (Å²) in [7, 11) is 0. The zero-order valence-electron chi connectivity index (χ0n) is 13.2. The van der Waals surface area contributed by atoms with Gasteiger partial charge in [-0.05, 0) is 30.2 Å². The lowest BCUT2D eigenvalue weighted by molar-refractivity contribution is 0.165. The quantitative estimate of drug-likeness (QED) is 0.918. The first-order valence-electron chi connectivity index (χ1n) is 8.02. The minimum atomic E-state index is 0.586. The van der Waals surface area contributed by atoms with Gasteiger partial charge in [-0.3, -0.25) is 4.90 Å². The van der Waals surface area contributed by atoms with E-state index in [0.29, 0.717) is 12.6 Å². The minimum absolute atomic E-state index is 0.586. The van der Waals surface area contributed by atoms with Crippen molar-refractivity contribution in [2.45, 2.75) is 26.1 Å². The zero-order valence-corrected chi connectivity index (χ0v) is 13.2. The molecule has 0 spiro atoms. The van der Waals surface area contributed by atoms with Crippen LogP contribution in [0.15, 0.2) is 54.6 Å². The Kier molecular flexibility index (Phi) is 5.09. The van der Waals surface area contributed by atoms with Crippen LogP contribution in [-0.2, 0) is 13.2 Å². The fourth-order valence-electron chi connectivity index (χ4n) is 2.83. The highest BCUT2D eigenvalue weighted by Gasteiger charge is 2.17. The number of ether oxygens (including phenoxy) is 1. The molecular weight excluding hydrogens is 272 g/mol. The number of nitrogens with zero attached hydrogens (tertiary/aromatic N) is 1. The summed E-state index contributed by atoms with van der Waals surface area (Å²) in [5.74, 6) is 0.948. The van der Waals surface area contributed by atoms with Gasteiger partial charge in [-0.15, -0.1) is 0 Å². The lowest BCUT2D eigenvalue weighted by atomic mass is 10.1. The molecule has 0 aromatic heterocycles. The van der Waals surface area contributed by atoms with Crippen LogP contribution in [0.1, 0.15) is 18.1 Å². The second-order valence-electron chi connectivity index (χ2n) is 5.95. The summed E-state index contributed by atoms with van der Waals surface area (Å²) in [4.78, 5) is 2.52. The van der Waals surface area contributed by atoms with Crippen LogP contribution in [0.5, 0.6) is 5.75 Å². The molecule has 1 heterocycles. The summed E-state index contributed by atoms with van der Waals surface area (Å²) in [6, 6.07) is 19.3.